The van der Waals surface area contributed by atoms with Crippen LogP contribution in [0.15, 0.2) is 24.3 Å². The lowest BCUT2D eigenvalue weighted by molar-refractivity contribution is -0.117. The maximum Gasteiger partial charge on any atom is 0.387 e. The first-order valence-electron chi connectivity index (χ1n) is 5.65. The Kier molecular flexibility index (Phi) is 3.76. The standard InChI is InChI=1S/C12H14F2N2O2/c13-12(14)18-10-3-1-2-9(5-10)16-7-8(6-15)4-11(16)17/h1-3,5,8,12H,4,6-7,15H2. The molecule has 0 radical (unpaired) electrons. The quantitative estimate of drug-likeness (QED) is 0.890. The van der Waals surface area contributed by atoms with Crippen molar-refractivity contribution in [1.82, 2.24) is 0 Å². The lowest BCUT2D eigenvalue weighted by atomic mass is 10.1. The molecule has 2 rings (SSSR count). The van der Waals surface area contributed by atoms with Crippen molar-refractivity contribution in [1.29, 1.82) is 0 Å². The number of nitrogens with zero attached hydrogens (tertiary/aromatic N) is 1. The zero-order chi connectivity index (χ0) is 13.1. The fourth-order valence-corrected chi connectivity index (χ4v) is 2.02. The van der Waals surface area contributed by atoms with Crippen LogP contribution < -0.4 is 15.4 Å². The highest BCUT2D eigenvalue weighted by molar-refractivity contribution is 5.95. The van der Waals surface area contributed by atoms with Crippen molar-refractivity contribution in [2.75, 3.05) is 18.0 Å². The van der Waals surface area contributed by atoms with Gasteiger partial charge in [0.05, 0.1) is 0 Å². The molecule has 1 atom stereocenters. The smallest absolute Gasteiger partial charge is 0.387 e. The minimum absolute atomic E-state index is 0.0420. The molecule has 6 heteroatoms. The van der Waals surface area contributed by atoms with Crippen LogP contribution >= 0.6 is 0 Å². The van der Waals surface area contributed by atoms with Gasteiger partial charge in [-0.15, -0.1) is 0 Å². The molecule has 1 amide bonds. The van der Waals surface area contributed by atoms with Crippen molar-refractivity contribution in [2.24, 2.45) is 11.7 Å². The van der Waals surface area contributed by atoms with Gasteiger partial charge in [0.15, 0.2) is 0 Å². The van der Waals surface area contributed by atoms with Crippen LogP contribution in [-0.2, 0) is 4.79 Å². The summed E-state index contributed by atoms with van der Waals surface area (Å²) in [6, 6.07) is 6.13. The summed E-state index contributed by atoms with van der Waals surface area (Å²) in [5, 5.41) is 0. The van der Waals surface area contributed by atoms with Crippen LogP contribution in [0.5, 0.6) is 5.75 Å². The molecule has 2 N–H and O–H groups in total. The first-order chi connectivity index (χ1) is 8.60. The number of amides is 1. The Morgan fingerprint density at radius 2 is 2.28 bits per heavy atom. The molecule has 0 spiro atoms. The molecule has 1 saturated heterocycles. The van der Waals surface area contributed by atoms with E-state index in [2.05, 4.69) is 4.74 Å². The highest BCUT2D eigenvalue weighted by Crippen LogP contribution is 2.28. The molecular weight excluding hydrogens is 242 g/mol. The van der Waals surface area contributed by atoms with E-state index in [4.69, 9.17) is 5.73 Å². The Labute approximate surface area is 103 Å². The van der Waals surface area contributed by atoms with Gasteiger partial charge in [-0.05, 0) is 24.6 Å². The van der Waals surface area contributed by atoms with Crippen LogP contribution in [0.25, 0.3) is 0 Å². The highest BCUT2D eigenvalue weighted by atomic mass is 19.3. The Bertz CT molecular complexity index is 440. The van der Waals surface area contributed by atoms with Gasteiger partial charge in [0.25, 0.3) is 0 Å². The number of hydrogen-bond acceptors (Lipinski definition) is 3. The maximum absolute atomic E-state index is 12.1. The molecule has 1 aromatic carbocycles. The minimum Gasteiger partial charge on any atom is -0.435 e. The third kappa shape index (κ3) is 2.76. The second kappa shape index (κ2) is 5.30. The summed E-state index contributed by atoms with van der Waals surface area (Å²) < 4.78 is 28.5. The molecule has 18 heavy (non-hydrogen) atoms. The topological polar surface area (TPSA) is 55.6 Å². The summed E-state index contributed by atoms with van der Waals surface area (Å²) in [6.45, 7) is -1.91. The van der Waals surface area contributed by atoms with Crippen LogP contribution in [0.2, 0.25) is 0 Å². The lowest BCUT2D eigenvalue weighted by Crippen LogP contribution is -2.25. The molecule has 1 aliphatic rings. The van der Waals surface area contributed by atoms with Crippen molar-refractivity contribution in [2.45, 2.75) is 13.0 Å². The predicted molar refractivity (Wildman–Crippen MR) is 62.6 cm³/mol. The van der Waals surface area contributed by atoms with Crippen molar-refractivity contribution < 1.29 is 18.3 Å². The molecule has 1 aromatic rings. The second-order valence-corrected chi connectivity index (χ2v) is 4.19. The van der Waals surface area contributed by atoms with E-state index in [0.717, 1.165) is 0 Å². The van der Waals surface area contributed by atoms with Crippen molar-refractivity contribution >= 4 is 11.6 Å². The zero-order valence-electron chi connectivity index (χ0n) is 9.68. The SMILES string of the molecule is NCC1CC(=O)N(c2cccc(OC(F)F)c2)C1. The van der Waals surface area contributed by atoms with Gasteiger partial charge in [0.2, 0.25) is 5.91 Å². The summed E-state index contributed by atoms with van der Waals surface area (Å²) in [4.78, 5) is 13.3. The number of halogens is 2. The van der Waals surface area contributed by atoms with E-state index in [1.807, 2.05) is 0 Å². The summed E-state index contributed by atoms with van der Waals surface area (Å²) in [7, 11) is 0. The van der Waals surface area contributed by atoms with Gasteiger partial charge in [-0.3, -0.25) is 4.79 Å². The average Bonchev–Trinajstić information content (AvgIpc) is 2.70. The van der Waals surface area contributed by atoms with E-state index in [-0.39, 0.29) is 17.6 Å². The number of alkyl halides is 2. The van der Waals surface area contributed by atoms with Gasteiger partial charge in [-0.2, -0.15) is 8.78 Å². The van der Waals surface area contributed by atoms with E-state index in [9.17, 15) is 13.6 Å². The average molecular weight is 256 g/mol. The van der Waals surface area contributed by atoms with E-state index >= 15 is 0 Å². The zero-order valence-corrected chi connectivity index (χ0v) is 9.68. The van der Waals surface area contributed by atoms with E-state index < -0.39 is 6.61 Å². The van der Waals surface area contributed by atoms with Crippen LogP contribution in [0.1, 0.15) is 6.42 Å². The number of hydrogen-bond donors (Lipinski definition) is 1. The van der Waals surface area contributed by atoms with Gasteiger partial charge < -0.3 is 15.4 Å². The molecule has 4 nitrogen and oxygen atoms in total. The van der Waals surface area contributed by atoms with Crippen LogP contribution in [0.4, 0.5) is 14.5 Å². The van der Waals surface area contributed by atoms with Gasteiger partial charge in [0.1, 0.15) is 5.75 Å². The lowest BCUT2D eigenvalue weighted by Gasteiger charge is -2.17. The molecule has 1 fully saturated rings. The number of anilines is 1. The Morgan fingerprint density at radius 3 is 2.89 bits per heavy atom. The number of nitrogens with two attached hydrogens (primary N) is 1. The molecular formula is C12H14F2N2O2. The number of ether oxygens (including phenoxy) is 1. The van der Waals surface area contributed by atoms with Crippen LogP contribution in [-0.4, -0.2) is 25.6 Å². The normalized spacial score (nSPS) is 19.7. The summed E-state index contributed by atoms with van der Waals surface area (Å²) >= 11 is 0. The summed E-state index contributed by atoms with van der Waals surface area (Å²) in [6.07, 6.45) is 0.399. The van der Waals surface area contributed by atoms with Crippen molar-refractivity contribution in [3.63, 3.8) is 0 Å². The fraction of sp³-hybridized carbons (Fsp3) is 0.417. The molecule has 1 heterocycles. The molecule has 1 unspecified atom stereocenters. The number of carbonyl (C=O) groups is 1. The molecule has 0 saturated carbocycles. The molecule has 0 aromatic heterocycles. The van der Waals surface area contributed by atoms with Crippen LogP contribution in [0.3, 0.4) is 0 Å². The molecule has 0 aliphatic carbocycles. The first kappa shape index (κ1) is 12.8. The van der Waals surface area contributed by atoms with E-state index in [0.29, 0.717) is 25.2 Å². The number of benzene rings is 1. The van der Waals surface area contributed by atoms with Crippen molar-refractivity contribution in [3.05, 3.63) is 24.3 Å². The third-order valence-corrected chi connectivity index (χ3v) is 2.89. The highest BCUT2D eigenvalue weighted by Gasteiger charge is 2.29. The Balaban J connectivity index is 2.16. The Morgan fingerprint density at radius 1 is 1.50 bits per heavy atom. The summed E-state index contributed by atoms with van der Waals surface area (Å²) in [5.41, 5.74) is 6.09. The first-order valence-corrected chi connectivity index (χ1v) is 5.65. The second-order valence-electron chi connectivity index (χ2n) is 4.19. The molecule has 1 aliphatic heterocycles. The number of rotatable bonds is 4. The van der Waals surface area contributed by atoms with Gasteiger partial charge >= 0.3 is 6.61 Å². The summed E-state index contributed by atoms with van der Waals surface area (Å²) in [5.74, 6) is 0.128. The Hall–Kier alpha value is -1.69. The van der Waals surface area contributed by atoms with Crippen LogP contribution in [0, 0.1) is 5.92 Å². The predicted octanol–water partition coefficient (Wildman–Crippen LogP) is 1.60. The van der Waals surface area contributed by atoms with E-state index in [1.165, 1.54) is 12.1 Å². The molecule has 98 valence electrons. The fourth-order valence-electron chi connectivity index (χ4n) is 2.02. The van der Waals surface area contributed by atoms with Gasteiger partial charge in [-0.1, -0.05) is 6.07 Å². The monoisotopic (exact) mass is 256 g/mol. The maximum atomic E-state index is 12.1. The number of carbonyl (C=O) groups excluding carboxylic acids is 1. The third-order valence-electron chi connectivity index (χ3n) is 2.89. The minimum atomic E-state index is -2.87. The van der Waals surface area contributed by atoms with Gasteiger partial charge in [0, 0.05) is 24.7 Å². The van der Waals surface area contributed by atoms with Crippen molar-refractivity contribution in [3.8, 4) is 5.75 Å². The molecule has 0 bridgehead atoms. The largest absolute Gasteiger partial charge is 0.435 e. The van der Waals surface area contributed by atoms with Gasteiger partial charge in [-0.25, -0.2) is 0 Å². The van der Waals surface area contributed by atoms with E-state index in [1.54, 1.807) is 17.0 Å².